The second-order valence-electron chi connectivity index (χ2n) is 6.17. The van der Waals surface area contributed by atoms with E-state index >= 15 is 0 Å². The molecule has 0 aliphatic carbocycles. The van der Waals surface area contributed by atoms with Gasteiger partial charge in [0, 0.05) is 0 Å². The van der Waals surface area contributed by atoms with Crippen LogP contribution >= 0.6 is 0 Å². The minimum absolute atomic E-state index is 0.0167. The smallest absolute Gasteiger partial charge is 0.266 e. The van der Waals surface area contributed by atoms with E-state index in [1.54, 1.807) is 4.57 Å². The molecule has 4 heteroatoms. The molecule has 1 unspecified atom stereocenters. The van der Waals surface area contributed by atoms with Crippen molar-refractivity contribution in [3.05, 3.63) is 69.8 Å². The Morgan fingerprint density at radius 3 is 2.58 bits per heavy atom. The number of aryl methyl sites for hydroxylation is 2. The van der Waals surface area contributed by atoms with E-state index in [0.717, 1.165) is 29.0 Å². The highest BCUT2D eigenvalue weighted by atomic mass is 16.1. The van der Waals surface area contributed by atoms with E-state index in [-0.39, 0.29) is 11.6 Å². The highest BCUT2D eigenvalue weighted by Gasteiger charge is 2.19. The SMILES string of the molecule is CCC(NC)c1nc2ccccc2c(=O)n1-c1ccc(C)cc1C. The summed E-state index contributed by atoms with van der Waals surface area (Å²) in [7, 11) is 1.90. The maximum atomic E-state index is 13.2. The van der Waals surface area contributed by atoms with Crippen molar-refractivity contribution in [2.45, 2.75) is 33.2 Å². The van der Waals surface area contributed by atoms with Crippen molar-refractivity contribution in [1.29, 1.82) is 0 Å². The zero-order valence-electron chi connectivity index (χ0n) is 14.6. The summed E-state index contributed by atoms with van der Waals surface area (Å²) in [5, 5.41) is 3.92. The zero-order valence-corrected chi connectivity index (χ0v) is 14.6. The van der Waals surface area contributed by atoms with Gasteiger partial charge in [0.2, 0.25) is 0 Å². The highest BCUT2D eigenvalue weighted by molar-refractivity contribution is 5.78. The molecule has 0 bridgehead atoms. The molecule has 1 aromatic heterocycles. The van der Waals surface area contributed by atoms with Gasteiger partial charge in [-0.3, -0.25) is 9.36 Å². The molecule has 124 valence electrons. The second-order valence-corrected chi connectivity index (χ2v) is 6.17. The molecule has 1 heterocycles. The molecule has 0 saturated carbocycles. The van der Waals surface area contributed by atoms with Crippen LogP contribution in [0.1, 0.15) is 36.3 Å². The third-order valence-corrected chi connectivity index (χ3v) is 4.46. The third-order valence-electron chi connectivity index (χ3n) is 4.46. The molecule has 0 spiro atoms. The number of nitrogens with one attached hydrogen (secondary N) is 1. The Hall–Kier alpha value is -2.46. The van der Waals surface area contributed by atoms with Gasteiger partial charge in [0.05, 0.1) is 22.6 Å². The molecule has 3 aromatic rings. The van der Waals surface area contributed by atoms with Crippen molar-refractivity contribution >= 4 is 10.9 Å². The van der Waals surface area contributed by atoms with E-state index in [1.807, 2.05) is 50.4 Å². The predicted molar refractivity (Wildman–Crippen MR) is 98.9 cm³/mol. The average molecular weight is 321 g/mol. The van der Waals surface area contributed by atoms with Crippen LogP contribution in [0.4, 0.5) is 0 Å². The molecule has 1 atom stereocenters. The zero-order chi connectivity index (χ0) is 17.3. The quantitative estimate of drug-likeness (QED) is 0.797. The van der Waals surface area contributed by atoms with Crippen LogP contribution in [0.15, 0.2) is 47.3 Å². The van der Waals surface area contributed by atoms with Crippen LogP contribution in [-0.4, -0.2) is 16.6 Å². The summed E-state index contributed by atoms with van der Waals surface area (Å²) in [6.07, 6.45) is 0.853. The van der Waals surface area contributed by atoms with Crippen molar-refractivity contribution in [2.75, 3.05) is 7.05 Å². The molecule has 1 N–H and O–H groups in total. The maximum Gasteiger partial charge on any atom is 0.266 e. The summed E-state index contributed by atoms with van der Waals surface area (Å²) in [5.74, 6) is 0.760. The summed E-state index contributed by atoms with van der Waals surface area (Å²) in [5.41, 5.74) is 3.87. The molecule has 0 aliphatic rings. The first-order valence-corrected chi connectivity index (χ1v) is 8.33. The molecule has 24 heavy (non-hydrogen) atoms. The van der Waals surface area contributed by atoms with Crippen molar-refractivity contribution in [3.63, 3.8) is 0 Å². The summed E-state index contributed by atoms with van der Waals surface area (Å²) in [6, 6.07) is 13.7. The number of nitrogens with zero attached hydrogens (tertiary/aromatic N) is 2. The van der Waals surface area contributed by atoms with E-state index < -0.39 is 0 Å². The topological polar surface area (TPSA) is 46.9 Å². The van der Waals surface area contributed by atoms with E-state index in [1.165, 1.54) is 5.56 Å². The molecular formula is C20H23N3O. The fourth-order valence-electron chi connectivity index (χ4n) is 3.19. The van der Waals surface area contributed by atoms with Crippen LogP contribution in [0.5, 0.6) is 0 Å². The summed E-state index contributed by atoms with van der Waals surface area (Å²) >= 11 is 0. The molecule has 0 amide bonds. The van der Waals surface area contributed by atoms with E-state index in [2.05, 4.69) is 25.2 Å². The summed E-state index contributed by atoms with van der Waals surface area (Å²) in [4.78, 5) is 18.0. The molecule has 0 fully saturated rings. The molecule has 2 aromatic carbocycles. The lowest BCUT2D eigenvalue weighted by atomic mass is 10.1. The summed E-state index contributed by atoms with van der Waals surface area (Å²) < 4.78 is 1.77. The Morgan fingerprint density at radius 1 is 1.17 bits per heavy atom. The van der Waals surface area contributed by atoms with Crippen molar-refractivity contribution in [2.24, 2.45) is 0 Å². The van der Waals surface area contributed by atoms with Crippen LogP contribution in [0.25, 0.3) is 16.6 Å². The van der Waals surface area contributed by atoms with Gasteiger partial charge in [-0.05, 0) is 51.1 Å². The van der Waals surface area contributed by atoms with Crippen LogP contribution in [0.2, 0.25) is 0 Å². The first-order valence-electron chi connectivity index (χ1n) is 8.33. The van der Waals surface area contributed by atoms with E-state index in [9.17, 15) is 4.79 Å². The predicted octanol–water partition coefficient (Wildman–Crippen LogP) is 3.67. The minimum Gasteiger partial charge on any atom is -0.310 e. The lowest BCUT2D eigenvalue weighted by Gasteiger charge is -2.21. The molecule has 3 rings (SSSR count). The largest absolute Gasteiger partial charge is 0.310 e. The molecule has 0 saturated heterocycles. The standard InChI is InChI=1S/C20H23N3O/c1-5-16(21-4)19-22-17-9-7-6-8-15(17)20(24)23(19)18-11-10-13(2)12-14(18)3/h6-12,16,21H,5H2,1-4H3. The lowest BCUT2D eigenvalue weighted by Crippen LogP contribution is -2.30. The Balaban J connectivity index is 2.41. The number of rotatable bonds is 4. The molecular weight excluding hydrogens is 298 g/mol. The maximum absolute atomic E-state index is 13.2. The molecule has 0 radical (unpaired) electrons. The fraction of sp³-hybridized carbons (Fsp3) is 0.300. The van der Waals surface area contributed by atoms with Gasteiger partial charge in [-0.2, -0.15) is 0 Å². The number of hydrogen-bond acceptors (Lipinski definition) is 3. The Kier molecular flexibility index (Phi) is 4.49. The van der Waals surface area contributed by atoms with E-state index in [0.29, 0.717) is 5.39 Å². The van der Waals surface area contributed by atoms with Gasteiger partial charge >= 0.3 is 0 Å². The monoisotopic (exact) mass is 321 g/mol. The van der Waals surface area contributed by atoms with Gasteiger partial charge in [-0.25, -0.2) is 4.98 Å². The third kappa shape index (κ3) is 2.74. The van der Waals surface area contributed by atoms with Crippen molar-refractivity contribution in [1.82, 2.24) is 14.9 Å². The average Bonchev–Trinajstić information content (AvgIpc) is 2.57. The minimum atomic E-state index is -0.0174. The Labute approximate surface area is 142 Å². The number of fused-ring (bicyclic) bond motifs is 1. The van der Waals surface area contributed by atoms with Gasteiger partial charge in [-0.15, -0.1) is 0 Å². The fourth-order valence-corrected chi connectivity index (χ4v) is 3.19. The first-order chi connectivity index (χ1) is 11.6. The number of hydrogen-bond donors (Lipinski definition) is 1. The van der Waals surface area contributed by atoms with Crippen molar-refractivity contribution in [3.8, 4) is 5.69 Å². The van der Waals surface area contributed by atoms with Crippen LogP contribution in [0, 0.1) is 13.8 Å². The van der Waals surface area contributed by atoms with Gasteiger partial charge in [0.1, 0.15) is 5.82 Å². The normalized spacial score (nSPS) is 12.5. The first kappa shape index (κ1) is 16.4. The van der Waals surface area contributed by atoms with Crippen LogP contribution in [-0.2, 0) is 0 Å². The number of aromatic nitrogens is 2. The van der Waals surface area contributed by atoms with E-state index in [4.69, 9.17) is 4.98 Å². The van der Waals surface area contributed by atoms with Gasteiger partial charge in [0.15, 0.2) is 0 Å². The lowest BCUT2D eigenvalue weighted by molar-refractivity contribution is 0.529. The second kappa shape index (κ2) is 6.57. The number of para-hydroxylation sites is 1. The Morgan fingerprint density at radius 2 is 1.92 bits per heavy atom. The highest BCUT2D eigenvalue weighted by Crippen LogP contribution is 2.22. The van der Waals surface area contributed by atoms with Crippen molar-refractivity contribution < 1.29 is 0 Å². The summed E-state index contributed by atoms with van der Waals surface area (Å²) in [6.45, 7) is 6.18. The van der Waals surface area contributed by atoms with Crippen LogP contribution < -0.4 is 10.9 Å². The van der Waals surface area contributed by atoms with Gasteiger partial charge < -0.3 is 5.32 Å². The molecule has 4 nitrogen and oxygen atoms in total. The molecule has 0 aliphatic heterocycles. The van der Waals surface area contributed by atoms with Gasteiger partial charge in [0.25, 0.3) is 5.56 Å². The van der Waals surface area contributed by atoms with Gasteiger partial charge in [-0.1, -0.05) is 36.8 Å². The number of benzene rings is 2. The van der Waals surface area contributed by atoms with Crippen LogP contribution in [0.3, 0.4) is 0 Å². The Bertz CT molecular complexity index is 939.